The van der Waals surface area contributed by atoms with Gasteiger partial charge in [0.2, 0.25) is 5.60 Å². The molecule has 0 aliphatic rings. The number of nitrogens with zero attached hydrogens (tertiary/aromatic N) is 1. The third kappa shape index (κ3) is 8.34. The first-order chi connectivity index (χ1) is 17.4. The Balaban J connectivity index is 1.38. The van der Waals surface area contributed by atoms with Crippen LogP contribution in [0.3, 0.4) is 0 Å². The maximum atomic E-state index is 12.2. The summed E-state index contributed by atoms with van der Waals surface area (Å²) in [6, 6.07) is 26.2. The van der Waals surface area contributed by atoms with Crippen LogP contribution in [-0.2, 0) is 17.6 Å². The summed E-state index contributed by atoms with van der Waals surface area (Å²) in [5.74, 6) is 0.173. The highest BCUT2D eigenvalue weighted by Crippen LogP contribution is 2.24. The Hall–Kier alpha value is -4.00. The molecule has 0 fully saturated rings. The van der Waals surface area contributed by atoms with Crippen LogP contribution in [0.2, 0.25) is 0 Å². The van der Waals surface area contributed by atoms with Gasteiger partial charge in [0.1, 0.15) is 11.5 Å². The van der Waals surface area contributed by atoms with Gasteiger partial charge in [-0.3, -0.25) is 0 Å². The van der Waals surface area contributed by atoms with E-state index in [1.165, 1.54) is 5.56 Å². The summed E-state index contributed by atoms with van der Waals surface area (Å²) in [4.78, 5) is 25.8. The third-order valence-electron chi connectivity index (χ3n) is 5.79. The Morgan fingerprint density at radius 2 is 1.53 bits per heavy atom. The molecule has 0 saturated heterocycles. The lowest BCUT2D eigenvalue weighted by molar-refractivity contribution is -0.153. The van der Waals surface area contributed by atoms with Crippen LogP contribution in [0.15, 0.2) is 84.9 Å². The Morgan fingerprint density at radius 3 is 2.17 bits per heavy atom. The molecule has 190 valence electrons. The summed E-state index contributed by atoms with van der Waals surface area (Å²) in [5, 5.41) is 12.7. The Labute approximate surface area is 212 Å². The molecule has 0 spiro atoms. The van der Waals surface area contributed by atoms with Crippen molar-refractivity contribution in [3.05, 3.63) is 96.1 Å². The van der Waals surface area contributed by atoms with Gasteiger partial charge in [-0.05, 0) is 55.2 Å². The normalized spacial score (nSPS) is 12.3. The van der Waals surface area contributed by atoms with E-state index in [4.69, 9.17) is 9.47 Å². The van der Waals surface area contributed by atoms with Crippen molar-refractivity contribution in [2.24, 2.45) is 0 Å². The highest BCUT2D eigenvalue weighted by atomic mass is 16.5. The average Bonchev–Trinajstić information content (AvgIpc) is 2.88. The molecule has 0 aliphatic carbocycles. The van der Waals surface area contributed by atoms with Gasteiger partial charge in [-0.1, -0.05) is 60.7 Å². The lowest BCUT2D eigenvalue weighted by Gasteiger charge is -2.26. The van der Waals surface area contributed by atoms with Gasteiger partial charge < -0.3 is 24.8 Å². The number of hydrogen-bond acceptors (Lipinski definition) is 4. The molecule has 7 nitrogen and oxygen atoms in total. The molecule has 1 atom stereocenters. The van der Waals surface area contributed by atoms with Crippen molar-refractivity contribution < 1.29 is 24.2 Å². The minimum Gasteiger partial charge on any atom is -0.494 e. The standard InChI is InChI=1S/C29H34N2O5/c1-29(27(32)33,36-26-12-7-4-8-13-26)22-24-14-16-25(17-15-24)35-21-9-20-31(2)28(34)30-19-18-23-10-5-3-6-11-23/h3-8,10-17H,9,18-22H2,1-2H3,(H,30,34)(H,32,33). The molecule has 2 N–H and O–H groups in total. The van der Waals surface area contributed by atoms with Crippen molar-refractivity contribution in [1.82, 2.24) is 10.2 Å². The summed E-state index contributed by atoms with van der Waals surface area (Å²) < 4.78 is 11.6. The molecule has 0 radical (unpaired) electrons. The number of aliphatic carboxylic acids is 1. The Bertz CT molecular complexity index is 1090. The van der Waals surface area contributed by atoms with E-state index in [0.29, 0.717) is 37.6 Å². The number of urea groups is 1. The average molecular weight is 491 g/mol. The molecule has 1 unspecified atom stereocenters. The van der Waals surface area contributed by atoms with Crippen LogP contribution >= 0.6 is 0 Å². The molecule has 0 saturated carbocycles. The fraction of sp³-hybridized carbons (Fsp3) is 0.310. The predicted octanol–water partition coefficient (Wildman–Crippen LogP) is 4.80. The fourth-order valence-electron chi connectivity index (χ4n) is 3.68. The first-order valence-corrected chi connectivity index (χ1v) is 12.1. The number of hydrogen-bond donors (Lipinski definition) is 2. The van der Waals surface area contributed by atoms with Crippen molar-refractivity contribution in [2.75, 3.05) is 26.7 Å². The predicted molar refractivity (Wildman–Crippen MR) is 140 cm³/mol. The minimum absolute atomic E-state index is 0.102. The molecule has 36 heavy (non-hydrogen) atoms. The second kappa shape index (κ2) is 13.2. The van der Waals surface area contributed by atoms with Crippen LogP contribution in [0.5, 0.6) is 11.5 Å². The van der Waals surface area contributed by atoms with Crippen molar-refractivity contribution in [1.29, 1.82) is 0 Å². The molecular formula is C29H34N2O5. The summed E-state index contributed by atoms with van der Waals surface area (Å²) in [6.07, 6.45) is 1.69. The van der Waals surface area contributed by atoms with E-state index in [1.54, 1.807) is 43.1 Å². The maximum absolute atomic E-state index is 12.2. The molecule has 0 bridgehead atoms. The van der Waals surface area contributed by atoms with E-state index in [1.807, 2.05) is 60.7 Å². The van der Waals surface area contributed by atoms with Crippen LogP contribution < -0.4 is 14.8 Å². The first kappa shape index (κ1) is 26.6. The number of carbonyl (C=O) groups is 2. The van der Waals surface area contributed by atoms with E-state index in [-0.39, 0.29) is 12.5 Å². The molecule has 0 aromatic heterocycles. The van der Waals surface area contributed by atoms with Crippen molar-refractivity contribution in [3.63, 3.8) is 0 Å². The first-order valence-electron chi connectivity index (χ1n) is 12.1. The number of carboxylic acid groups (broad SMARTS) is 1. The zero-order valence-corrected chi connectivity index (χ0v) is 20.9. The third-order valence-corrected chi connectivity index (χ3v) is 5.79. The van der Waals surface area contributed by atoms with E-state index < -0.39 is 11.6 Å². The monoisotopic (exact) mass is 490 g/mol. The topological polar surface area (TPSA) is 88.1 Å². The van der Waals surface area contributed by atoms with Gasteiger partial charge in [-0.15, -0.1) is 0 Å². The molecule has 3 aromatic carbocycles. The zero-order chi connectivity index (χ0) is 25.8. The molecule has 2 amide bonds. The summed E-state index contributed by atoms with van der Waals surface area (Å²) in [5.41, 5.74) is 0.627. The lowest BCUT2D eigenvalue weighted by Crippen LogP contribution is -2.43. The minimum atomic E-state index is -1.39. The molecule has 0 aliphatic heterocycles. The summed E-state index contributed by atoms with van der Waals surface area (Å²) >= 11 is 0. The van der Waals surface area contributed by atoms with Crippen molar-refractivity contribution in [2.45, 2.75) is 31.8 Å². The highest BCUT2D eigenvalue weighted by Gasteiger charge is 2.36. The smallest absolute Gasteiger partial charge is 0.348 e. The maximum Gasteiger partial charge on any atom is 0.348 e. The number of rotatable bonds is 13. The quantitative estimate of drug-likeness (QED) is 0.336. The Morgan fingerprint density at radius 1 is 0.889 bits per heavy atom. The van der Waals surface area contributed by atoms with Gasteiger partial charge in [-0.2, -0.15) is 0 Å². The fourth-order valence-corrected chi connectivity index (χ4v) is 3.68. The van der Waals surface area contributed by atoms with Gasteiger partial charge in [-0.25, -0.2) is 9.59 Å². The second-order valence-electron chi connectivity index (χ2n) is 8.86. The molecule has 3 rings (SSSR count). The van der Waals surface area contributed by atoms with Gasteiger partial charge in [0.25, 0.3) is 0 Å². The lowest BCUT2D eigenvalue weighted by atomic mass is 9.96. The number of carbonyl (C=O) groups excluding carboxylic acids is 1. The highest BCUT2D eigenvalue weighted by molar-refractivity contribution is 5.78. The van der Waals surface area contributed by atoms with Crippen LogP contribution in [0.1, 0.15) is 24.5 Å². The van der Waals surface area contributed by atoms with Crippen LogP contribution in [0, 0.1) is 0 Å². The van der Waals surface area contributed by atoms with Gasteiger partial charge in [0, 0.05) is 26.6 Å². The van der Waals surface area contributed by atoms with Crippen LogP contribution in [0.4, 0.5) is 4.79 Å². The largest absolute Gasteiger partial charge is 0.494 e. The number of para-hydroxylation sites is 1. The van der Waals surface area contributed by atoms with Gasteiger partial charge in [0.05, 0.1) is 6.61 Å². The molecule has 3 aromatic rings. The van der Waals surface area contributed by atoms with E-state index >= 15 is 0 Å². The van der Waals surface area contributed by atoms with E-state index in [9.17, 15) is 14.7 Å². The second-order valence-corrected chi connectivity index (χ2v) is 8.86. The zero-order valence-electron chi connectivity index (χ0n) is 20.9. The number of carboxylic acids is 1. The summed E-state index contributed by atoms with van der Waals surface area (Å²) in [6.45, 7) is 3.20. The van der Waals surface area contributed by atoms with Crippen molar-refractivity contribution >= 4 is 12.0 Å². The van der Waals surface area contributed by atoms with Gasteiger partial charge in [0.15, 0.2) is 0 Å². The van der Waals surface area contributed by atoms with Gasteiger partial charge >= 0.3 is 12.0 Å². The van der Waals surface area contributed by atoms with E-state index in [2.05, 4.69) is 5.32 Å². The molecular weight excluding hydrogens is 456 g/mol. The number of ether oxygens (including phenoxy) is 2. The SMILES string of the molecule is CN(CCCOc1ccc(CC(C)(Oc2ccccc2)C(=O)O)cc1)C(=O)NCCc1ccccc1. The van der Waals surface area contributed by atoms with Crippen LogP contribution in [-0.4, -0.2) is 54.4 Å². The van der Waals surface area contributed by atoms with E-state index in [0.717, 1.165) is 12.0 Å². The number of amides is 2. The van der Waals surface area contributed by atoms with Crippen molar-refractivity contribution in [3.8, 4) is 11.5 Å². The summed E-state index contributed by atoms with van der Waals surface area (Å²) in [7, 11) is 1.77. The van der Waals surface area contributed by atoms with Crippen LogP contribution in [0.25, 0.3) is 0 Å². The molecule has 0 heterocycles. The number of benzene rings is 3. The number of nitrogens with one attached hydrogen (secondary N) is 1. The molecule has 7 heteroatoms. The Kier molecular flexibility index (Phi) is 9.74.